The number of nitrogens with zero attached hydrogens (tertiary/aromatic N) is 1. The first-order chi connectivity index (χ1) is 7.81. The van der Waals surface area contributed by atoms with Crippen molar-refractivity contribution in [2.24, 2.45) is 5.90 Å². The smallest absolute Gasteiger partial charge is 0.0914 e. The van der Waals surface area contributed by atoms with Gasteiger partial charge in [0.25, 0.3) is 0 Å². The van der Waals surface area contributed by atoms with Crippen LogP contribution in [0.4, 0.5) is 0 Å². The topological polar surface area (TPSA) is 38.5 Å². The highest BCUT2D eigenvalue weighted by atomic mass is 16.6. The summed E-state index contributed by atoms with van der Waals surface area (Å²) in [7, 11) is 0. The highest BCUT2D eigenvalue weighted by Crippen LogP contribution is 2.24. The number of benzene rings is 1. The lowest BCUT2D eigenvalue weighted by Crippen LogP contribution is -2.41. The highest BCUT2D eigenvalue weighted by molar-refractivity contribution is 5.18. The molecule has 0 aliphatic carbocycles. The van der Waals surface area contributed by atoms with Gasteiger partial charge in [0.2, 0.25) is 0 Å². The van der Waals surface area contributed by atoms with Gasteiger partial charge in [-0.25, -0.2) is 5.90 Å². The van der Waals surface area contributed by atoms with Crippen molar-refractivity contribution < 1.29 is 4.84 Å². The first-order valence-electron chi connectivity index (χ1n) is 5.96. The van der Waals surface area contributed by atoms with E-state index in [0.29, 0.717) is 6.04 Å². The van der Waals surface area contributed by atoms with Crippen molar-refractivity contribution in [1.29, 1.82) is 0 Å². The van der Waals surface area contributed by atoms with Crippen molar-refractivity contribution in [1.82, 2.24) is 4.90 Å². The Morgan fingerprint density at radius 3 is 2.81 bits per heavy atom. The summed E-state index contributed by atoms with van der Waals surface area (Å²) in [6.45, 7) is 4.32. The summed E-state index contributed by atoms with van der Waals surface area (Å²) in [5, 5.41) is 0. The quantitative estimate of drug-likeness (QED) is 0.793. The summed E-state index contributed by atoms with van der Waals surface area (Å²) in [6.07, 6.45) is 2.44. The molecule has 2 rings (SSSR count). The molecule has 0 amide bonds. The van der Waals surface area contributed by atoms with E-state index in [1.54, 1.807) is 0 Å². The Morgan fingerprint density at radius 1 is 1.38 bits per heavy atom. The molecule has 3 heteroatoms. The Kier molecular flexibility index (Phi) is 3.93. The summed E-state index contributed by atoms with van der Waals surface area (Å²) < 4.78 is 0. The molecular formula is C13H20N2O. The number of hydrogen-bond donors (Lipinski definition) is 1. The Bertz CT molecular complexity index is 315. The lowest BCUT2D eigenvalue weighted by atomic mass is 10.0. The van der Waals surface area contributed by atoms with Crippen LogP contribution in [0, 0.1) is 0 Å². The van der Waals surface area contributed by atoms with Gasteiger partial charge in [-0.1, -0.05) is 30.3 Å². The van der Waals surface area contributed by atoms with Gasteiger partial charge in [-0.05, 0) is 31.9 Å². The molecule has 0 bridgehead atoms. The Hall–Kier alpha value is -0.900. The molecule has 0 radical (unpaired) electrons. The first-order valence-corrected chi connectivity index (χ1v) is 5.96. The van der Waals surface area contributed by atoms with Crippen molar-refractivity contribution in [3.8, 4) is 0 Å². The van der Waals surface area contributed by atoms with Crippen LogP contribution in [-0.4, -0.2) is 24.1 Å². The summed E-state index contributed by atoms with van der Waals surface area (Å²) in [6, 6.07) is 11.0. The van der Waals surface area contributed by atoms with Gasteiger partial charge in [0.05, 0.1) is 6.10 Å². The third-order valence-electron chi connectivity index (χ3n) is 3.43. The average molecular weight is 220 g/mol. The van der Waals surface area contributed by atoms with Crippen molar-refractivity contribution >= 4 is 0 Å². The van der Waals surface area contributed by atoms with Crippen LogP contribution in [0.3, 0.4) is 0 Å². The number of nitrogens with two attached hydrogens (primary N) is 1. The molecule has 2 unspecified atom stereocenters. The van der Waals surface area contributed by atoms with Crippen LogP contribution in [-0.2, 0) is 4.84 Å². The molecule has 0 spiro atoms. The highest BCUT2D eigenvalue weighted by Gasteiger charge is 2.24. The zero-order valence-electron chi connectivity index (χ0n) is 9.80. The second-order valence-electron chi connectivity index (χ2n) is 4.48. The van der Waals surface area contributed by atoms with E-state index in [1.807, 2.05) is 0 Å². The normalized spacial score (nSPS) is 24.2. The van der Waals surface area contributed by atoms with Crippen LogP contribution in [0.15, 0.2) is 30.3 Å². The fourth-order valence-electron chi connectivity index (χ4n) is 2.37. The minimum atomic E-state index is 0.194. The Labute approximate surface area is 97.1 Å². The van der Waals surface area contributed by atoms with Crippen molar-refractivity contribution in [3.05, 3.63) is 35.9 Å². The first kappa shape index (κ1) is 11.6. The summed E-state index contributed by atoms with van der Waals surface area (Å²) in [5.41, 5.74) is 1.36. The third kappa shape index (κ3) is 2.61. The fraction of sp³-hybridized carbons (Fsp3) is 0.538. The molecule has 0 saturated carbocycles. The van der Waals surface area contributed by atoms with Crippen molar-refractivity contribution in [3.63, 3.8) is 0 Å². The van der Waals surface area contributed by atoms with E-state index in [2.05, 4.69) is 42.2 Å². The SMILES string of the molecule is CC(c1ccccc1)N1CCCC(ON)C1. The maximum absolute atomic E-state index is 5.28. The van der Waals surface area contributed by atoms with Crippen LogP contribution in [0.2, 0.25) is 0 Å². The molecule has 88 valence electrons. The minimum absolute atomic E-state index is 0.194. The molecule has 1 heterocycles. The third-order valence-corrected chi connectivity index (χ3v) is 3.43. The van der Waals surface area contributed by atoms with Gasteiger partial charge in [0.1, 0.15) is 0 Å². The van der Waals surface area contributed by atoms with Gasteiger partial charge in [0, 0.05) is 12.6 Å². The second-order valence-corrected chi connectivity index (χ2v) is 4.48. The number of hydrogen-bond acceptors (Lipinski definition) is 3. The van der Waals surface area contributed by atoms with E-state index in [0.717, 1.165) is 19.5 Å². The van der Waals surface area contributed by atoms with Crippen LogP contribution in [0.1, 0.15) is 31.4 Å². The molecule has 2 N–H and O–H groups in total. The minimum Gasteiger partial charge on any atom is -0.300 e. The molecule has 3 nitrogen and oxygen atoms in total. The Balaban J connectivity index is 2.01. The number of likely N-dealkylation sites (tertiary alicyclic amines) is 1. The van der Waals surface area contributed by atoms with E-state index in [9.17, 15) is 0 Å². The Morgan fingerprint density at radius 2 is 2.12 bits per heavy atom. The molecule has 0 aromatic heterocycles. The lowest BCUT2D eigenvalue weighted by molar-refractivity contribution is -0.0122. The largest absolute Gasteiger partial charge is 0.300 e. The maximum atomic E-state index is 5.28. The average Bonchev–Trinajstić information content (AvgIpc) is 2.39. The van der Waals surface area contributed by atoms with E-state index in [1.165, 1.54) is 12.0 Å². The van der Waals surface area contributed by atoms with Crippen molar-refractivity contribution in [2.75, 3.05) is 13.1 Å². The van der Waals surface area contributed by atoms with Crippen molar-refractivity contribution in [2.45, 2.75) is 31.9 Å². The van der Waals surface area contributed by atoms with Crippen LogP contribution in [0.5, 0.6) is 0 Å². The second kappa shape index (κ2) is 5.43. The van der Waals surface area contributed by atoms with Crippen LogP contribution in [0.25, 0.3) is 0 Å². The maximum Gasteiger partial charge on any atom is 0.0914 e. The van der Waals surface area contributed by atoms with Crippen LogP contribution < -0.4 is 5.90 Å². The molecule has 2 atom stereocenters. The molecule has 1 aromatic rings. The van der Waals surface area contributed by atoms with Gasteiger partial charge in [-0.15, -0.1) is 0 Å². The van der Waals surface area contributed by atoms with E-state index in [-0.39, 0.29) is 6.10 Å². The van der Waals surface area contributed by atoms with Gasteiger partial charge < -0.3 is 0 Å². The number of piperidine rings is 1. The summed E-state index contributed by atoms with van der Waals surface area (Å²) in [5.74, 6) is 5.28. The molecule has 1 aliphatic heterocycles. The zero-order chi connectivity index (χ0) is 11.4. The van der Waals surface area contributed by atoms with Crippen LogP contribution >= 0.6 is 0 Å². The van der Waals surface area contributed by atoms with E-state index in [4.69, 9.17) is 10.7 Å². The molecule has 16 heavy (non-hydrogen) atoms. The molecule has 1 saturated heterocycles. The lowest BCUT2D eigenvalue weighted by Gasteiger charge is -2.36. The fourth-order valence-corrected chi connectivity index (χ4v) is 2.37. The van der Waals surface area contributed by atoms with Gasteiger partial charge >= 0.3 is 0 Å². The number of rotatable bonds is 3. The summed E-state index contributed by atoms with van der Waals surface area (Å²) >= 11 is 0. The van der Waals surface area contributed by atoms with Gasteiger partial charge in [-0.3, -0.25) is 9.74 Å². The molecule has 1 fully saturated rings. The predicted molar refractivity (Wildman–Crippen MR) is 64.7 cm³/mol. The van der Waals surface area contributed by atoms with E-state index < -0.39 is 0 Å². The molecule has 1 aromatic carbocycles. The monoisotopic (exact) mass is 220 g/mol. The standard InChI is InChI=1S/C13H20N2O/c1-11(12-6-3-2-4-7-12)15-9-5-8-13(10-15)16-14/h2-4,6-7,11,13H,5,8-10,14H2,1H3. The van der Waals surface area contributed by atoms with E-state index >= 15 is 0 Å². The predicted octanol–water partition coefficient (Wildman–Crippen LogP) is 2.10. The van der Waals surface area contributed by atoms with Gasteiger partial charge in [-0.2, -0.15) is 0 Å². The molecule has 1 aliphatic rings. The summed E-state index contributed by atoms with van der Waals surface area (Å²) in [4.78, 5) is 7.41. The molecular weight excluding hydrogens is 200 g/mol. The van der Waals surface area contributed by atoms with Gasteiger partial charge in [0.15, 0.2) is 0 Å². The zero-order valence-corrected chi connectivity index (χ0v) is 9.80.